The average Bonchev–Trinajstić information content (AvgIpc) is 2.83. The second-order valence-corrected chi connectivity index (χ2v) is 9.81. The van der Waals surface area contributed by atoms with Crippen molar-refractivity contribution in [1.82, 2.24) is 15.2 Å². The molecule has 0 atom stereocenters. The number of nitrogens with one attached hydrogen (secondary N) is 2. The van der Waals surface area contributed by atoms with Crippen molar-refractivity contribution in [1.29, 1.82) is 0 Å². The van der Waals surface area contributed by atoms with Crippen molar-refractivity contribution < 1.29 is 22.7 Å². The number of sulfonamides is 1. The topological polar surface area (TPSA) is 105 Å². The minimum atomic E-state index is -3.63. The molecule has 0 aromatic heterocycles. The SMILES string of the molecule is COc1ccccc1CC(=O)NNC(=O)c1ccc(CN(C)S(=O)(=O)c2ccc(C)cc2)cc1. The molecule has 3 rings (SSSR count). The Hall–Kier alpha value is -3.69. The van der Waals surface area contributed by atoms with Crippen LogP contribution in [-0.4, -0.2) is 38.7 Å². The van der Waals surface area contributed by atoms with E-state index < -0.39 is 21.8 Å². The number of aryl methyl sites for hydroxylation is 1. The number of ether oxygens (including phenoxy) is 1. The molecule has 0 aliphatic heterocycles. The Morgan fingerprint density at radius 1 is 0.912 bits per heavy atom. The normalized spacial score (nSPS) is 11.2. The molecular weight excluding hydrogens is 454 g/mol. The van der Waals surface area contributed by atoms with Gasteiger partial charge in [0.05, 0.1) is 18.4 Å². The Kier molecular flexibility index (Phi) is 8.04. The maximum absolute atomic E-state index is 12.8. The summed E-state index contributed by atoms with van der Waals surface area (Å²) in [6.07, 6.45) is 0.0466. The molecule has 3 aromatic carbocycles. The molecule has 178 valence electrons. The highest BCUT2D eigenvalue weighted by Gasteiger charge is 2.21. The first-order valence-corrected chi connectivity index (χ1v) is 12.0. The fourth-order valence-electron chi connectivity index (χ4n) is 3.26. The summed E-state index contributed by atoms with van der Waals surface area (Å²) in [6, 6.07) is 20.3. The number of rotatable bonds is 8. The van der Waals surface area contributed by atoms with Crippen molar-refractivity contribution in [2.75, 3.05) is 14.2 Å². The summed E-state index contributed by atoms with van der Waals surface area (Å²) in [5.41, 5.74) is 7.49. The van der Waals surface area contributed by atoms with E-state index in [1.807, 2.05) is 6.92 Å². The van der Waals surface area contributed by atoms with E-state index in [1.165, 1.54) is 18.5 Å². The number of carbonyl (C=O) groups excluding carboxylic acids is 2. The number of para-hydroxylation sites is 1. The van der Waals surface area contributed by atoms with Gasteiger partial charge in [0.25, 0.3) is 5.91 Å². The van der Waals surface area contributed by atoms with Gasteiger partial charge in [0.2, 0.25) is 15.9 Å². The van der Waals surface area contributed by atoms with Crippen LogP contribution < -0.4 is 15.6 Å². The molecule has 0 aliphatic carbocycles. The highest BCUT2D eigenvalue weighted by atomic mass is 32.2. The second kappa shape index (κ2) is 11.0. The summed E-state index contributed by atoms with van der Waals surface area (Å²) < 4.78 is 32.0. The van der Waals surface area contributed by atoms with Crippen LogP contribution in [0, 0.1) is 6.92 Å². The predicted octanol–water partition coefficient (Wildman–Crippen LogP) is 2.83. The van der Waals surface area contributed by atoms with Crippen molar-refractivity contribution in [3.05, 3.63) is 95.1 Å². The van der Waals surface area contributed by atoms with E-state index in [1.54, 1.807) is 72.8 Å². The molecule has 0 saturated heterocycles. The molecule has 0 radical (unpaired) electrons. The van der Waals surface area contributed by atoms with Gasteiger partial charge in [-0.1, -0.05) is 48.0 Å². The molecule has 0 fully saturated rings. The van der Waals surface area contributed by atoms with Gasteiger partial charge >= 0.3 is 0 Å². The summed E-state index contributed by atoms with van der Waals surface area (Å²) in [7, 11) is -0.599. The number of amides is 2. The molecule has 0 unspecified atom stereocenters. The molecule has 2 N–H and O–H groups in total. The van der Waals surface area contributed by atoms with E-state index in [9.17, 15) is 18.0 Å². The Morgan fingerprint density at radius 3 is 2.21 bits per heavy atom. The van der Waals surface area contributed by atoms with Gasteiger partial charge in [-0.05, 0) is 42.8 Å². The number of benzene rings is 3. The number of hydrogen-bond donors (Lipinski definition) is 2. The molecular formula is C25H27N3O5S. The van der Waals surface area contributed by atoms with Crippen molar-refractivity contribution in [3.8, 4) is 5.75 Å². The zero-order chi connectivity index (χ0) is 24.7. The molecule has 3 aromatic rings. The predicted molar refractivity (Wildman–Crippen MR) is 129 cm³/mol. The Bertz CT molecular complexity index is 1260. The fourth-order valence-corrected chi connectivity index (χ4v) is 4.42. The molecule has 0 saturated carbocycles. The van der Waals surface area contributed by atoms with E-state index >= 15 is 0 Å². The largest absolute Gasteiger partial charge is 0.496 e. The second-order valence-electron chi connectivity index (χ2n) is 7.76. The van der Waals surface area contributed by atoms with E-state index in [0.29, 0.717) is 16.9 Å². The summed E-state index contributed by atoms with van der Waals surface area (Å²) in [4.78, 5) is 24.8. The maximum Gasteiger partial charge on any atom is 0.269 e. The monoisotopic (exact) mass is 481 g/mol. The van der Waals surface area contributed by atoms with Gasteiger partial charge in [0, 0.05) is 24.7 Å². The summed E-state index contributed by atoms with van der Waals surface area (Å²) in [5.74, 6) is -0.285. The molecule has 0 aliphatic rings. The zero-order valence-corrected chi connectivity index (χ0v) is 20.1. The standard InChI is InChI=1S/C25H27N3O5S/c1-18-8-14-22(15-9-18)34(31,32)28(2)17-19-10-12-20(13-11-19)25(30)27-26-24(29)16-21-6-4-5-7-23(21)33-3/h4-15H,16-17H2,1-3H3,(H,26,29)(H,27,30). The van der Waals surface area contributed by atoms with Crippen LogP contribution >= 0.6 is 0 Å². The summed E-state index contributed by atoms with van der Waals surface area (Å²) >= 11 is 0. The van der Waals surface area contributed by atoms with Gasteiger partial charge in [-0.15, -0.1) is 0 Å². The van der Waals surface area contributed by atoms with Gasteiger partial charge < -0.3 is 4.74 Å². The molecule has 2 amide bonds. The first-order valence-electron chi connectivity index (χ1n) is 10.5. The summed E-state index contributed by atoms with van der Waals surface area (Å²) in [5, 5.41) is 0. The lowest BCUT2D eigenvalue weighted by atomic mass is 10.1. The third-order valence-corrected chi connectivity index (χ3v) is 7.03. The lowest BCUT2D eigenvalue weighted by molar-refractivity contribution is -0.121. The lowest BCUT2D eigenvalue weighted by Gasteiger charge is -2.17. The molecule has 0 spiro atoms. The quantitative estimate of drug-likeness (QED) is 0.482. The molecule has 9 heteroatoms. The smallest absolute Gasteiger partial charge is 0.269 e. The highest BCUT2D eigenvalue weighted by Crippen LogP contribution is 2.18. The average molecular weight is 482 g/mol. The van der Waals surface area contributed by atoms with Crippen LogP contribution in [0.15, 0.2) is 77.7 Å². The van der Waals surface area contributed by atoms with Crippen molar-refractivity contribution in [2.24, 2.45) is 0 Å². The third kappa shape index (κ3) is 6.21. The van der Waals surface area contributed by atoms with Crippen molar-refractivity contribution in [2.45, 2.75) is 24.8 Å². The van der Waals surface area contributed by atoms with Crippen molar-refractivity contribution in [3.63, 3.8) is 0 Å². The van der Waals surface area contributed by atoms with Crippen molar-refractivity contribution >= 4 is 21.8 Å². The van der Waals surface area contributed by atoms with E-state index in [-0.39, 0.29) is 17.9 Å². The lowest BCUT2D eigenvalue weighted by Crippen LogP contribution is -2.42. The van der Waals surface area contributed by atoms with Crippen LogP contribution in [0.4, 0.5) is 0 Å². The van der Waals surface area contributed by atoms with Crippen LogP contribution in [0.5, 0.6) is 5.75 Å². The van der Waals surface area contributed by atoms with Gasteiger partial charge in [-0.2, -0.15) is 4.31 Å². The summed E-state index contributed by atoms with van der Waals surface area (Å²) in [6.45, 7) is 2.04. The first kappa shape index (κ1) is 24.9. The van der Waals surface area contributed by atoms with Crippen LogP contribution in [0.2, 0.25) is 0 Å². The number of carbonyl (C=O) groups is 2. The van der Waals surface area contributed by atoms with Gasteiger partial charge in [0.1, 0.15) is 5.75 Å². The van der Waals surface area contributed by atoms with E-state index in [2.05, 4.69) is 10.9 Å². The van der Waals surface area contributed by atoms with Crippen LogP contribution in [0.25, 0.3) is 0 Å². The van der Waals surface area contributed by atoms with Gasteiger partial charge in [-0.25, -0.2) is 8.42 Å². The minimum Gasteiger partial charge on any atom is -0.496 e. The highest BCUT2D eigenvalue weighted by molar-refractivity contribution is 7.89. The number of methoxy groups -OCH3 is 1. The molecule has 0 heterocycles. The number of hydrazine groups is 1. The van der Waals surface area contributed by atoms with Crippen LogP contribution in [-0.2, 0) is 27.8 Å². The minimum absolute atomic E-state index is 0.0466. The molecule has 34 heavy (non-hydrogen) atoms. The first-order chi connectivity index (χ1) is 16.2. The van der Waals surface area contributed by atoms with E-state index in [4.69, 9.17) is 4.74 Å². The zero-order valence-electron chi connectivity index (χ0n) is 19.2. The third-order valence-electron chi connectivity index (χ3n) is 5.21. The Morgan fingerprint density at radius 2 is 1.56 bits per heavy atom. The number of hydrogen-bond acceptors (Lipinski definition) is 5. The van der Waals surface area contributed by atoms with Gasteiger partial charge in [0.15, 0.2) is 0 Å². The van der Waals surface area contributed by atoms with Crippen LogP contribution in [0.1, 0.15) is 27.0 Å². The number of nitrogens with zero attached hydrogens (tertiary/aromatic N) is 1. The fraction of sp³-hybridized carbons (Fsp3) is 0.200. The molecule has 0 bridgehead atoms. The van der Waals surface area contributed by atoms with E-state index in [0.717, 1.165) is 11.1 Å². The maximum atomic E-state index is 12.8. The molecule has 8 nitrogen and oxygen atoms in total. The Balaban J connectivity index is 1.55. The van der Waals surface area contributed by atoms with Crippen LogP contribution in [0.3, 0.4) is 0 Å². The van der Waals surface area contributed by atoms with Gasteiger partial charge in [-0.3, -0.25) is 20.4 Å². The Labute approximate surface area is 199 Å².